The van der Waals surface area contributed by atoms with Crippen molar-refractivity contribution in [2.75, 3.05) is 42.7 Å². The number of nitrogens with zero attached hydrogens (tertiary/aromatic N) is 5. The second-order valence-corrected chi connectivity index (χ2v) is 8.52. The van der Waals surface area contributed by atoms with E-state index in [4.69, 9.17) is 16.7 Å². The summed E-state index contributed by atoms with van der Waals surface area (Å²) in [6.45, 7) is 3.78. The fourth-order valence-corrected chi connectivity index (χ4v) is 4.30. The third kappa shape index (κ3) is 5.34. The van der Waals surface area contributed by atoms with E-state index in [0.717, 1.165) is 43.3 Å². The molecule has 0 atom stereocenters. The summed E-state index contributed by atoms with van der Waals surface area (Å²) in [4.78, 5) is 18.0. The van der Waals surface area contributed by atoms with E-state index in [2.05, 4.69) is 34.1 Å². The van der Waals surface area contributed by atoms with E-state index >= 15 is 0 Å². The molecule has 3 aromatic rings. The number of amides is 1. The maximum absolute atomic E-state index is 13.4. The third-order valence-electron chi connectivity index (χ3n) is 5.87. The molecular weight excluding hydrogens is 471 g/mol. The molecule has 5 rings (SSSR count). The van der Waals surface area contributed by atoms with Gasteiger partial charge in [0.25, 0.3) is 5.84 Å². The minimum atomic E-state index is -0.0298. The van der Waals surface area contributed by atoms with Crippen LogP contribution in [0.25, 0.3) is 0 Å². The minimum absolute atomic E-state index is 0. The van der Waals surface area contributed by atoms with Gasteiger partial charge in [-0.25, -0.2) is 0 Å². The van der Waals surface area contributed by atoms with Crippen molar-refractivity contribution < 1.29 is 22.6 Å². The van der Waals surface area contributed by atoms with Crippen LogP contribution in [0.2, 0.25) is 5.02 Å². The molecule has 2 heterocycles. The molecule has 0 unspecified atom stereocenters. The molecule has 176 valence electrons. The van der Waals surface area contributed by atoms with Gasteiger partial charge < -0.3 is 17.3 Å². The van der Waals surface area contributed by atoms with Gasteiger partial charge in [-0.1, -0.05) is 64.3 Å². The van der Waals surface area contributed by atoms with Gasteiger partial charge in [-0.3, -0.25) is 9.69 Å². The van der Waals surface area contributed by atoms with Crippen LogP contribution < -0.4 is 27.9 Å². The fraction of sp³-hybridized carbons (Fsp3) is 0.200. The first-order valence-electron chi connectivity index (χ1n) is 11.1. The van der Waals surface area contributed by atoms with Gasteiger partial charge in [-0.05, 0) is 42.5 Å². The molecule has 1 amide bonds. The van der Waals surface area contributed by atoms with Crippen molar-refractivity contribution in [1.29, 1.82) is 0 Å². The van der Waals surface area contributed by atoms with Crippen LogP contribution in [0.5, 0.6) is 0 Å². The van der Waals surface area contributed by atoms with Crippen molar-refractivity contribution in [2.45, 2.75) is 0 Å². The second-order valence-electron chi connectivity index (χ2n) is 8.09. The summed E-state index contributed by atoms with van der Waals surface area (Å²) >= 11 is 6.22. The smallest absolute Gasteiger partial charge is 0.308 e. The van der Waals surface area contributed by atoms with E-state index < -0.39 is 0 Å². The Kier molecular flexibility index (Phi) is 7.70. The number of hydrogen-bond donors (Lipinski definition) is 1. The summed E-state index contributed by atoms with van der Waals surface area (Å²) in [6.07, 6.45) is 0. The molecule has 0 aromatic heterocycles. The van der Waals surface area contributed by atoms with Gasteiger partial charge in [-0.15, -0.1) is 5.12 Å². The minimum Gasteiger partial charge on any atom is -1.00 e. The Labute approximate surface area is 210 Å². The number of carbonyl (C=O) groups excluding carboxylic acids is 1. The van der Waals surface area contributed by atoms with Crippen LogP contribution in [0.15, 0.2) is 90.0 Å². The van der Waals surface area contributed by atoms with Gasteiger partial charge >= 0.3 is 5.91 Å². The van der Waals surface area contributed by atoms with E-state index in [1.54, 1.807) is 15.7 Å². The Morgan fingerprint density at radius 3 is 2.18 bits per heavy atom. The van der Waals surface area contributed by atoms with E-state index in [0.29, 0.717) is 11.6 Å². The number of carbonyl (C=O) groups is 1. The molecular formula is C25H26Cl2N6O. The van der Waals surface area contributed by atoms with Crippen molar-refractivity contribution >= 4 is 34.7 Å². The number of benzene rings is 3. The average Bonchev–Trinajstić information content (AvgIpc) is 3.32. The molecule has 0 spiro atoms. The molecule has 34 heavy (non-hydrogen) atoms. The molecule has 0 saturated carbocycles. The lowest BCUT2D eigenvalue weighted by atomic mass is 10.2. The first kappa shape index (κ1) is 24.0. The van der Waals surface area contributed by atoms with Crippen LogP contribution in [-0.4, -0.2) is 54.5 Å². The largest absolute Gasteiger partial charge is 1.00 e. The Hall–Kier alpha value is -3.10. The zero-order valence-corrected chi connectivity index (χ0v) is 20.1. The highest BCUT2D eigenvalue weighted by Gasteiger charge is 2.36. The number of nitrogens with two attached hydrogens (primary N) is 1. The van der Waals surface area contributed by atoms with Gasteiger partial charge in [0.2, 0.25) is 0 Å². The van der Waals surface area contributed by atoms with E-state index in [9.17, 15) is 4.79 Å². The number of anilines is 2. The van der Waals surface area contributed by atoms with Gasteiger partial charge in [0, 0.05) is 36.9 Å². The predicted octanol–water partition coefficient (Wildman–Crippen LogP) is -0.430. The van der Waals surface area contributed by atoms with Crippen LogP contribution in [0.4, 0.5) is 11.4 Å². The van der Waals surface area contributed by atoms with Gasteiger partial charge in [-0.2, -0.15) is 5.43 Å². The molecule has 7 nitrogen and oxygen atoms in total. The van der Waals surface area contributed by atoms with Crippen molar-refractivity contribution in [2.24, 2.45) is 5.10 Å². The molecule has 2 aliphatic heterocycles. The van der Waals surface area contributed by atoms with Gasteiger partial charge in [0.05, 0.1) is 17.8 Å². The lowest BCUT2D eigenvalue weighted by molar-refractivity contribution is -0.684. The lowest BCUT2D eigenvalue weighted by Gasteiger charge is -2.36. The number of hydrogen-bond acceptors (Lipinski definition) is 5. The molecule has 1 fully saturated rings. The average molecular weight is 497 g/mol. The van der Waals surface area contributed by atoms with Crippen LogP contribution in [0.3, 0.4) is 0 Å². The molecule has 0 aliphatic carbocycles. The Morgan fingerprint density at radius 1 is 0.853 bits per heavy atom. The number of para-hydroxylation sites is 1. The number of hydrazine groups is 1. The summed E-state index contributed by atoms with van der Waals surface area (Å²) in [7, 11) is 0. The topological polar surface area (TPSA) is 59.0 Å². The Morgan fingerprint density at radius 2 is 1.50 bits per heavy atom. The van der Waals surface area contributed by atoms with Crippen LogP contribution in [-0.2, 0) is 4.79 Å². The lowest BCUT2D eigenvalue weighted by Crippen LogP contribution is -3.00. The summed E-state index contributed by atoms with van der Waals surface area (Å²) < 4.78 is 0. The number of halogens is 2. The number of rotatable bonds is 5. The van der Waals surface area contributed by atoms with Gasteiger partial charge in [0.1, 0.15) is 0 Å². The second kappa shape index (κ2) is 10.9. The van der Waals surface area contributed by atoms with E-state index in [1.165, 1.54) is 5.69 Å². The maximum atomic E-state index is 13.4. The zero-order chi connectivity index (χ0) is 22.6. The highest BCUT2D eigenvalue weighted by molar-refractivity contribution is 6.30. The first-order chi connectivity index (χ1) is 16.2. The first-order valence-corrected chi connectivity index (χ1v) is 11.4. The third-order valence-corrected chi connectivity index (χ3v) is 6.10. The number of quaternary nitrogens is 1. The maximum Gasteiger partial charge on any atom is 0.308 e. The quantitative estimate of drug-likeness (QED) is 0.384. The van der Waals surface area contributed by atoms with Crippen molar-refractivity contribution in [3.8, 4) is 0 Å². The molecule has 0 bridgehead atoms. The van der Waals surface area contributed by atoms with Gasteiger partial charge in [0.15, 0.2) is 0 Å². The van der Waals surface area contributed by atoms with Crippen molar-refractivity contribution in [3.05, 3.63) is 95.5 Å². The van der Waals surface area contributed by atoms with Crippen LogP contribution in [0, 0.1) is 0 Å². The molecule has 1 saturated heterocycles. The van der Waals surface area contributed by atoms with E-state index in [1.807, 2.05) is 60.7 Å². The summed E-state index contributed by atoms with van der Waals surface area (Å²) in [5, 5.41) is 8.56. The highest BCUT2D eigenvalue weighted by atomic mass is 35.5. The molecule has 9 heteroatoms. The van der Waals surface area contributed by atoms with Crippen LogP contribution in [0.1, 0.15) is 5.56 Å². The molecule has 0 radical (unpaired) electrons. The predicted molar refractivity (Wildman–Crippen MR) is 131 cm³/mol. The summed E-state index contributed by atoms with van der Waals surface area (Å²) in [5.74, 6) is 0.704. The Balaban J connectivity index is 0.00000274. The standard InChI is InChI=1S/C25H25ClN6O.ClH/c26-21-10-7-13-23(18-21)31-27-25(20-8-3-1-4-9-20)28-32(31)24(33)19-29-14-16-30(17-15-29)22-11-5-2-6-12-22;/h1-13,18H,14-17,19H2,(H,27,28);1H. The number of hydrazone groups is 1. The summed E-state index contributed by atoms with van der Waals surface area (Å²) in [6, 6.07) is 27.7. The zero-order valence-electron chi connectivity index (χ0n) is 18.6. The molecule has 2 N–H and O–H groups in total. The normalized spacial score (nSPS) is 16.3. The highest BCUT2D eigenvalue weighted by Crippen LogP contribution is 2.22. The van der Waals surface area contributed by atoms with Crippen LogP contribution >= 0.6 is 11.6 Å². The monoisotopic (exact) mass is 496 g/mol. The molecule has 3 aromatic carbocycles. The Bertz CT molecular complexity index is 1140. The number of amidine groups is 1. The van der Waals surface area contributed by atoms with Crippen molar-refractivity contribution in [1.82, 2.24) is 10.0 Å². The van der Waals surface area contributed by atoms with Crippen molar-refractivity contribution in [3.63, 3.8) is 0 Å². The molecule has 2 aliphatic rings. The SMILES string of the molecule is O=C(CN1CCN(c2ccccc2)CC1)N1[NH2+]C(c2ccccc2)=NN1c1cccc(Cl)c1.[Cl-]. The fourth-order valence-electron chi connectivity index (χ4n) is 4.11. The van der Waals surface area contributed by atoms with E-state index in [-0.39, 0.29) is 18.3 Å². The summed E-state index contributed by atoms with van der Waals surface area (Å²) in [5.41, 5.74) is 4.73. The number of piperazine rings is 1.